The Kier molecular flexibility index (Phi) is 3.95. The Bertz CT molecular complexity index is 844. The van der Waals surface area contributed by atoms with E-state index in [9.17, 15) is 9.59 Å². The fraction of sp³-hybridized carbons (Fsp3) is 0.611. The average Bonchev–Trinajstić information content (AvgIpc) is 3.10. The van der Waals surface area contributed by atoms with E-state index in [2.05, 4.69) is 18.8 Å². The lowest BCUT2D eigenvalue weighted by Gasteiger charge is -2.39. The van der Waals surface area contributed by atoms with Gasteiger partial charge in [0, 0.05) is 17.0 Å². The second-order valence-corrected chi connectivity index (χ2v) is 8.23. The molecule has 128 valence electrons. The van der Waals surface area contributed by atoms with Crippen LogP contribution in [0.4, 0.5) is 0 Å². The molecule has 1 amide bonds. The van der Waals surface area contributed by atoms with Gasteiger partial charge in [0.2, 0.25) is 5.91 Å². The fourth-order valence-corrected chi connectivity index (χ4v) is 5.49. The molecule has 0 saturated carbocycles. The molecular formula is C18H23N3O2S. The number of aromatic nitrogens is 2. The number of amides is 1. The van der Waals surface area contributed by atoms with Gasteiger partial charge in [-0.25, -0.2) is 4.98 Å². The maximum Gasteiger partial charge on any atom is 0.262 e. The van der Waals surface area contributed by atoms with Gasteiger partial charge in [0.05, 0.1) is 11.7 Å². The second kappa shape index (κ2) is 5.99. The molecule has 0 N–H and O–H groups in total. The number of hydrogen-bond donors (Lipinski definition) is 0. The van der Waals surface area contributed by atoms with E-state index >= 15 is 0 Å². The van der Waals surface area contributed by atoms with Crippen LogP contribution in [0.15, 0.2) is 11.1 Å². The number of likely N-dealkylation sites (tertiary alicyclic amines) is 1. The van der Waals surface area contributed by atoms with E-state index < -0.39 is 0 Å². The zero-order chi connectivity index (χ0) is 16.8. The molecule has 0 spiro atoms. The molecule has 2 aliphatic rings. The molecule has 0 bridgehead atoms. The van der Waals surface area contributed by atoms with Crippen LogP contribution in [0.2, 0.25) is 0 Å². The van der Waals surface area contributed by atoms with Crippen molar-refractivity contribution in [3.8, 4) is 0 Å². The van der Waals surface area contributed by atoms with Gasteiger partial charge in [0.15, 0.2) is 0 Å². The molecule has 2 atom stereocenters. The van der Waals surface area contributed by atoms with Gasteiger partial charge < -0.3 is 4.90 Å². The van der Waals surface area contributed by atoms with E-state index in [4.69, 9.17) is 0 Å². The maximum atomic E-state index is 12.9. The number of rotatable bonds is 2. The Morgan fingerprint density at radius 1 is 1.25 bits per heavy atom. The van der Waals surface area contributed by atoms with Gasteiger partial charge in [-0.05, 0) is 57.9 Å². The molecule has 2 unspecified atom stereocenters. The largest absolute Gasteiger partial charge is 0.336 e. The molecule has 1 aliphatic heterocycles. The van der Waals surface area contributed by atoms with Crippen molar-refractivity contribution in [2.24, 2.45) is 0 Å². The first kappa shape index (κ1) is 15.8. The summed E-state index contributed by atoms with van der Waals surface area (Å²) in [5.41, 5.74) is 1.12. The lowest BCUT2D eigenvalue weighted by Crippen LogP contribution is -2.49. The standard InChI is InChI=1S/C18H23N3O2S/c1-11-5-3-6-12(2)21(11)15(22)9-20-10-19-17-16(18(20)23)13-7-4-8-14(13)24-17/h10-12H,3-9H2,1-2H3. The first-order valence-electron chi connectivity index (χ1n) is 8.87. The van der Waals surface area contributed by atoms with Crippen molar-refractivity contribution in [1.29, 1.82) is 0 Å². The van der Waals surface area contributed by atoms with Crippen molar-refractivity contribution < 1.29 is 4.79 Å². The van der Waals surface area contributed by atoms with E-state index in [1.807, 2.05) is 4.90 Å². The van der Waals surface area contributed by atoms with Crippen molar-refractivity contribution in [2.75, 3.05) is 0 Å². The average molecular weight is 345 g/mol. The number of thiophene rings is 1. The minimum Gasteiger partial charge on any atom is -0.336 e. The van der Waals surface area contributed by atoms with Gasteiger partial charge in [-0.1, -0.05) is 0 Å². The zero-order valence-corrected chi connectivity index (χ0v) is 15.1. The van der Waals surface area contributed by atoms with Crippen LogP contribution >= 0.6 is 11.3 Å². The van der Waals surface area contributed by atoms with Crippen LogP contribution < -0.4 is 5.56 Å². The third-order valence-electron chi connectivity index (χ3n) is 5.48. The lowest BCUT2D eigenvalue weighted by atomic mass is 9.97. The second-order valence-electron chi connectivity index (χ2n) is 7.15. The van der Waals surface area contributed by atoms with E-state index in [1.54, 1.807) is 17.7 Å². The monoisotopic (exact) mass is 345 g/mol. The summed E-state index contributed by atoms with van der Waals surface area (Å²) in [6.07, 6.45) is 7.93. The predicted molar refractivity (Wildman–Crippen MR) is 95.5 cm³/mol. The highest BCUT2D eigenvalue weighted by Crippen LogP contribution is 2.34. The van der Waals surface area contributed by atoms with Gasteiger partial charge in [0.1, 0.15) is 11.4 Å². The zero-order valence-electron chi connectivity index (χ0n) is 14.2. The molecular weight excluding hydrogens is 322 g/mol. The summed E-state index contributed by atoms with van der Waals surface area (Å²) in [7, 11) is 0. The minimum absolute atomic E-state index is 0.0322. The van der Waals surface area contributed by atoms with Gasteiger partial charge in [-0.3, -0.25) is 14.2 Å². The van der Waals surface area contributed by atoms with Crippen LogP contribution in [0.1, 0.15) is 50.0 Å². The van der Waals surface area contributed by atoms with Crippen molar-refractivity contribution in [2.45, 2.75) is 71.0 Å². The first-order valence-corrected chi connectivity index (χ1v) is 9.68. The van der Waals surface area contributed by atoms with Gasteiger partial charge in [0.25, 0.3) is 5.56 Å². The number of carbonyl (C=O) groups excluding carboxylic acids is 1. The summed E-state index contributed by atoms with van der Waals surface area (Å²) in [6, 6.07) is 0.498. The van der Waals surface area contributed by atoms with E-state index in [0.717, 1.165) is 42.3 Å². The van der Waals surface area contributed by atoms with Crippen molar-refractivity contribution in [3.05, 3.63) is 27.1 Å². The summed E-state index contributed by atoms with van der Waals surface area (Å²) in [4.78, 5) is 34.2. The predicted octanol–water partition coefficient (Wildman–Crippen LogP) is 2.74. The van der Waals surface area contributed by atoms with Crippen LogP contribution in [0.5, 0.6) is 0 Å². The topological polar surface area (TPSA) is 55.2 Å². The highest BCUT2D eigenvalue weighted by molar-refractivity contribution is 7.18. The molecule has 5 nitrogen and oxygen atoms in total. The maximum absolute atomic E-state index is 12.9. The van der Waals surface area contributed by atoms with Crippen LogP contribution in [0, 0.1) is 0 Å². The van der Waals surface area contributed by atoms with Crippen molar-refractivity contribution >= 4 is 27.5 Å². The molecule has 4 rings (SSSR count). The molecule has 1 saturated heterocycles. The smallest absolute Gasteiger partial charge is 0.262 e. The Balaban J connectivity index is 1.66. The molecule has 0 radical (unpaired) electrons. The highest BCUT2D eigenvalue weighted by atomic mass is 32.1. The summed E-state index contributed by atoms with van der Waals surface area (Å²) >= 11 is 1.64. The summed E-state index contributed by atoms with van der Waals surface area (Å²) < 4.78 is 1.50. The molecule has 2 aromatic rings. The normalized spacial score (nSPS) is 23.7. The highest BCUT2D eigenvalue weighted by Gasteiger charge is 2.29. The summed E-state index contributed by atoms with van der Waals surface area (Å²) in [6.45, 7) is 4.30. The van der Waals surface area contributed by atoms with Crippen LogP contribution in [0.25, 0.3) is 10.2 Å². The molecule has 1 aliphatic carbocycles. The molecule has 1 fully saturated rings. The summed E-state index contributed by atoms with van der Waals surface area (Å²) in [5, 5.41) is 0.752. The summed E-state index contributed by atoms with van der Waals surface area (Å²) in [5.74, 6) is 0.0322. The van der Waals surface area contributed by atoms with Gasteiger partial charge in [-0.2, -0.15) is 0 Å². The number of hydrogen-bond acceptors (Lipinski definition) is 4. The Hall–Kier alpha value is -1.69. The SMILES string of the molecule is CC1CCCC(C)N1C(=O)Cn1cnc2sc3c(c2c1=O)CCC3. The molecule has 24 heavy (non-hydrogen) atoms. The number of carbonyl (C=O) groups is 1. The third-order valence-corrected chi connectivity index (χ3v) is 6.68. The minimum atomic E-state index is -0.0509. The Morgan fingerprint density at radius 2 is 2.00 bits per heavy atom. The van der Waals surface area contributed by atoms with E-state index in [1.165, 1.54) is 21.4 Å². The first-order chi connectivity index (χ1) is 11.6. The fourth-order valence-electron chi connectivity index (χ4n) is 4.27. The number of fused-ring (bicyclic) bond motifs is 3. The molecule has 6 heteroatoms. The number of aryl methyl sites for hydroxylation is 2. The molecule has 2 aromatic heterocycles. The number of piperidine rings is 1. The Labute approximate surface area is 145 Å². The van der Waals surface area contributed by atoms with Crippen molar-refractivity contribution in [1.82, 2.24) is 14.5 Å². The molecule has 0 aromatic carbocycles. The van der Waals surface area contributed by atoms with E-state index in [-0.39, 0.29) is 30.1 Å². The third kappa shape index (κ3) is 2.48. The van der Waals surface area contributed by atoms with Gasteiger partial charge >= 0.3 is 0 Å². The van der Waals surface area contributed by atoms with E-state index in [0.29, 0.717) is 0 Å². The van der Waals surface area contributed by atoms with Crippen LogP contribution in [0.3, 0.4) is 0 Å². The van der Waals surface area contributed by atoms with Crippen LogP contribution in [-0.2, 0) is 24.2 Å². The lowest BCUT2D eigenvalue weighted by molar-refractivity contribution is -0.138. The van der Waals surface area contributed by atoms with Gasteiger partial charge in [-0.15, -0.1) is 11.3 Å². The molecule has 3 heterocycles. The Morgan fingerprint density at radius 3 is 2.75 bits per heavy atom. The quantitative estimate of drug-likeness (QED) is 0.841. The van der Waals surface area contributed by atoms with Crippen LogP contribution in [-0.4, -0.2) is 32.4 Å². The number of nitrogens with zero attached hydrogens (tertiary/aromatic N) is 3. The van der Waals surface area contributed by atoms with Crippen molar-refractivity contribution in [3.63, 3.8) is 0 Å².